The molecule has 0 aliphatic heterocycles. The van der Waals surface area contributed by atoms with Gasteiger partial charge in [-0.25, -0.2) is 0 Å². The van der Waals surface area contributed by atoms with Gasteiger partial charge in [0.1, 0.15) is 23.1 Å². The van der Waals surface area contributed by atoms with E-state index in [4.69, 9.17) is 44.0 Å². The molecule has 0 radical (unpaired) electrons. The summed E-state index contributed by atoms with van der Waals surface area (Å²) >= 11 is 18.4. The largest absolute Gasteiger partial charge is 0.485 e. The van der Waals surface area contributed by atoms with E-state index in [1.165, 1.54) is 0 Å². The predicted molar refractivity (Wildman–Crippen MR) is 130 cm³/mol. The lowest BCUT2D eigenvalue weighted by Crippen LogP contribution is -2.12. The van der Waals surface area contributed by atoms with Crippen molar-refractivity contribution in [1.29, 1.82) is 0 Å². The van der Waals surface area contributed by atoms with Crippen LogP contribution in [-0.2, 0) is 13.2 Å². The molecule has 1 amide bonds. The van der Waals surface area contributed by atoms with Gasteiger partial charge in [0.05, 0.1) is 6.54 Å². The molecule has 0 aliphatic carbocycles. The van der Waals surface area contributed by atoms with E-state index in [1.807, 2.05) is 38.1 Å². The summed E-state index contributed by atoms with van der Waals surface area (Å²) in [5.74, 6) is 1.21. The molecule has 1 N–H and O–H groups in total. The van der Waals surface area contributed by atoms with E-state index in [0.717, 1.165) is 22.4 Å². The number of aryl methyl sites for hydroxylation is 2. The van der Waals surface area contributed by atoms with Crippen LogP contribution in [0.1, 0.15) is 33.0 Å². The Morgan fingerprint density at radius 3 is 2.55 bits per heavy atom. The number of nitrogens with one attached hydrogen (secondary N) is 1. The Hall–Kier alpha value is -2.93. The number of carbonyl (C=O) groups excluding carboxylic acids is 1. The van der Waals surface area contributed by atoms with Crippen molar-refractivity contribution in [2.45, 2.75) is 27.0 Å². The highest BCUT2D eigenvalue weighted by Crippen LogP contribution is 2.26. The maximum Gasteiger partial charge on any atom is 0.292 e. The third-order valence-electron chi connectivity index (χ3n) is 4.95. The van der Waals surface area contributed by atoms with E-state index in [1.54, 1.807) is 35.1 Å². The second kappa shape index (κ2) is 9.91. The highest BCUT2D eigenvalue weighted by Gasteiger charge is 2.17. The topological polar surface area (TPSA) is 69.3 Å². The standard InChI is InChI=1S/C24H20Cl3N3O3/c1-14-4-3-5-15(2)22(14)32-13-18-8-9-21(33-18)24(31)28-23-20(27)12-30(29-23)11-16-6-7-17(25)10-19(16)26/h3-10,12H,11,13H2,1-2H3,(H,28,29,31). The summed E-state index contributed by atoms with van der Waals surface area (Å²) in [7, 11) is 0. The Kier molecular flexibility index (Phi) is 6.98. The van der Waals surface area contributed by atoms with Crippen LogP contribution in [0.15, 0.2) is 59.1 Å². The highest BCUT2D eigenvalue weighted by atomic mass is 35.5. The fraction of sp³-hybridized carbons (Fsp3) is 0.167. The van der Waals surface area contributed by atoms with Crippen LogP contribution < -0.4 is 10.1 Å². The van der Waals surface area contributed by atoms with E-state index < -0.39 is 5.91 Å². The normalized spacial score (nSPS) is 10.9. The lowest BCUT2D eigenvalue weighted by molar-refractivity contribution is 0.0992. The first-order valence-corrected chi connectivity index (χ1v) is 11.2. The van der Waals surface area contributed by atoms with Gasteiger partial charge in [0.25, 0.3) is 5.91 Å². The molecule has 33 heavy (non-hydrogen) atoms. The molecular weight excluding hydrogens is 485 g/mol. The van der Waals surface area contributed by atoms with Crippen LogP contribution in [0.2, 0.25) is 15.1 Å². The summed E-state index contributed by atoms with van der Waals surface area (Å²) in [4.78, 5) is 12.6. The van der Waals surface area contributed by atoms with Gasteiger partial charge in [-0.2, -0.15) is 5.10 Å². The maximum atomic E-state index is 12.6. The molecule has 6 nitrogen and oxygen atoms in total. The van der Waals surface area contributed by atoms with Crippen LogP contribution in [0.25, 0.3) is 0 Å². The summed E-state index contributed by atoms with van der Waals surface area (Å²) < 4.78 is 13.1. The summed E-state index contributed by atoms with van der Waals surface area (Å²) in [5.41, 5.74) is 2.88. The quantitative estimate of drug-likeness (QED) is 0.296. The van der Waals surface area contributed by atoms with Gasteiger partial charge in [-0.1, -0.05) is 59.1 Å². The number of halogens is 3. The number of ether oxygens (including phenoxy) is 1. The molecule has 2 heterocycles. The maximum absolute atomic E-state index is 12.6. The molecule has 0 fully saturated rings. The Balaban J connectivity index is 1.40. The molecule has 0 spiro atoms. The molecule has 0 saturated carbocycles. The van der Waals surface area contributed by atoms with Crippen molar-refractivity contribution in [2.75, 3.05) is 5.32 Å². The highest BCUT2D eigenvalue weighted by molar-refractivity contribution is 6.35. The Morgan fingerprint density at radius 1 is 1.06 bits per heavy atom. The van der Waals surface area contributed by atoms with Gasteiger partial charge in [-0.15, -0.1) is 0 Å². The van der Waals surface area contributed by atoms with Crippen molar-refractivity contribution in [2.24, 2.45) is 0 Å². The number of rotatable bonds is 7. The summed E-state index contributed by atoms with van der Waals surface area (Å²) in [5, 5.41) is 8.36. The van der Waals surface area contributed by atoms with Gasteiger partial charge in [0.2, 0.25) is 0 Å². The molecular formula is C24H20Cl3N3O3. The van der Waals surface area contributed by atoms with Crippen LogP contribution in [0, 0.1) is 13.8 Å². The second-order valence-corrected chi connectivity index (χ2v) is 8.74. The summed E-state index contributed by atoms with van der Waals surface area (Å²) in [6, 6.07) is 14.4. The number of aromatic nitrogens is 2. The van der Waals surface area contributed by atoms with Crippen LogP contribution >= 0.6 is 34.8 Å². The number of benzene rings is 2. The summed E-state index contributed by atoms with van der Waals surface area (Å²) in [6.07, 6.45) is 1.61. The van der Waals surface area contributed by atoms with Crippen molar-refractivity contribution in [3.63, 3.8) is 0 Å². The van der Waals surface area contributed by atoms with E-state index in [9.17, 15) is 4.79 Å². The van der Waals surface area contributed by atoms with Crippen molar-refractivity contribution >= 4 is 46.5 Å². The zero-order valence-corrected chi connectivity index (χ0v) is 20.1. The second-order valence-electron chi connectivity index (χ2n) is 7.49. The van der Waals surface area contributed by atoms with Gasteiger partial charge in [-0.05, 0) is 54.8 Å². The minimum absolute atomic E-state index is 0.126. The SMILES string of the molecule is Cc1cccc(C)c1OCc1ccc(C(=O)Nc2nn(Cc3ccc(Cl)cc3Cl)cc2Cl)o1. The molecule has 0 unspecified atom stereocenters. The number of hydrogen-bond donors (Lipinski definition) is 1. The number of furan rings is 1. The predicted octanol–water partition coefficient (Wildman–Crippen LogP) is 6.93. The fourth-order valence-electron chi connectivity index (χ4n) is 3.30. The average Bonchev–Trinajstić information content (AvgIpc) is 3.36. The molecule has 4 rings (SSSR count). The van der Waals surface area contributed by atoms with E-state index in [0.29, 0.717) is 27.4 Å². The lowest BCUT2D eigenvalue weighted by Gasteiger charge is -2.10. The first kappa shape index (κ1) is 23.2. The molecule has 0 bridgehead atoms. The number of carbonyl (C=O) groups is 1. The number of nitrogens with zero attached hydrogens (tertiary/aromatic N) is 2. The lowest BCUT2D eigenvalue weighted by atomic mass is 10.1. The third-order valence-corrected chi connectivity index (χ3v) is 5.81. The van der Waals surface area contributed by atoms with Gasteiger partial charge in [0.15, 0.2) is 11.6 Å². The van der Waals surface area contributed by atoms with Crippen LogP contribution in [0.4, 0.5) is 5.82 Å². The van der Waals surface area contributed by atoms with Crippen LogP contribution in [0.3, 0.4) is 0 Å². The van der Waals surface area contributed by atoms with Crippen molar-refractivity contribution in [3.05, 3.63) is 98.0 Å². The Labute approximate surface area is 206 Å². The van der Waals surface area contributed by atoms with Crippen molar-refractivity contribution in [1.82, 2.24) is 9.78 Å². The monoisotopic (exact) mass is 503 g/mol. The zero-order chi connectivity index (χ0) is 23.5. The number of para-hydroxylation sites is 1. The minimum Gasteiger partial charge on any atom is -0.485 e. The average molecular weight is 505 g/mol. The Bertz CT molecular complexity index is 1290. The zero-order valence-electron chi connectivity index (χ0n) is 17.9. The van der Waals surface area contributed by atoms with Gasteiger partial charge < -0.3 is 14.5 Å². The van der Waals surface area contributed by atoms with Gasteiger partial charge in [-0.3, -0.25) is 9.48 Å². The van der Waals surface area contributed by atoms with E-state index >= 15 is 0 Å². The van der Waals surface area contributed by atoms with E-state index in [-0.39, 0.29) is 18.2 Å². The van der Waals surface area contributed by atoms with Crippen LogP contribution in [0.5, 0.6) is 5.75 Å². The van der Waals surface area contributed by atoms with Crippen LogP contribution in [-0.4, -0.2) is 15.7 Å². The molecule has 0 aliphatic rings. The Morgan fingerprint density at radius 2 is 1.82 bits per heavy atom. The first-order chi connectivity index (χ1) is 15.8. The van der Waals surface area contributed by atoms with E-state index in [2.05, 4.69) is 10.4 Å². The summed E-state index contributed by atoms with van der Waals surface area (Å²) in [6.45, 7) is 4.53. The molecule has 4 aromatic rings. The third kappa shape index (κ3) is 5.53. The minimum atomic E-state index is -0.468. The first-order valence-electron chi connectivity index (χ1n) is 10.1. The van der Waals surface area contributed by atoms with Crippen molar-refractivity contribution < 1.29 is 13.9 Å². The molecule has 170 valence electrons. The molecule has 2 aromatic carbocycles. The van der Waals surface area contributed by atoms with Gasteiger partial charge in [0, 0.05) is 16.2 Å². The number of anilines is 1. The molecule has 0 atom stereocenters. The number of amides is 1. The molecule has 0 saturated heterocycles. The molecule has 2 aromatic heterocycles. The van der Waals surface area contributed by atoms with Gasteiger partial charge >= 0.3 is 0 Å². The molecule has 9 heteroatoms. The fourth-order valence-corrected chi connectivity index (χ4v) is 3.97. The number of hydrogen-bond acceptors (Lipinski definition) is 4. The van der Waals surface area contributed by atoms with Crippen molar-refractivity contribution in [3.8, 4) is 5.75 Å². The smallest absolute Gasteiger partial charge is 0.292 e.